The largest absolute Gasteiger partial charge is 0.503 e. The van der Waals surface area contributed by atoms with Gasteiger partial charge in [0.05, 0.1) is 18.6 Å². The number of benzene rings is 1. The minimum absolute atomic E-state index is 0.0735. The molecular weight excluding hydrogens is 396 g/mol. The lowest BCUT2D eigenvalue weighted by atomic mass is 10.2. The molecule has 28 heavy (non-hydrogen) atoms. The van der Waals surface area contributed by atoms with Crippen LogP contribution in [-0.4, -0.2) is 75.2 Å². The van der Waals surface area contributed by atoms with Crippen molar-refractivity contribution in [2.24, 2.45) is 0 Å². The van der Waals surface area contributed by atoms with E-state index in [4.69, 9.17) is 0 Å². The molecular formula is C15H15F2N7O3S. The molecule has 4 rings (SSSR count). The maximum Gasteiger partial charge on any atom is 0.211 e. The Morgan fingerprint density at radius 3 is 2.32 bits per heavy atom. The number of phenolic OH excluding ortho intramolecular Hbond substituents is 1. The summed E-state index contributed by atoms with van der Waals surface area (Å²) < 4.78 is 53.2. The van der Waals surface area contributed by atoms with Gasteiger partial charge in [-0.2, -0.15) is 8.99 Å². The van der Waals surface area contributed by atoms with Crippen LogP contribution in [0, 0.1) is 11.6 Å². The van der Waals surface area contributed by atoms with Crippen molar-refractivity contribution in [3.63, 3.8) is 0 Å². The number of aromatic hydroxyl groups is 1. The van der Waals surface area contributed by atoms with Crippen LogP contribution in [0.2, 0.25) is 0 Å². The Bertz CT molecular complexity index is 1140. The van der Waals surface area contributed by atoms with E-state index in [9.17, 15) is 22.3 Å². The zero-order valence-corrected chi connectivity index (χ0v) is 15.4. The monoisotopic (exact) mass is 411 g/mol. The molecule has 0 bridgehead atoms. The van der Waals surface area contributed by atoms with Gasteiger partial charge in [-0.1, -0.05) is 5.21 Å². The second-order valence-electron chi connectivity index (χ2n) is 6.27. The number of sulfonamides is 1. The normalized spacial score (nSPS) is 16.0. The van der Waals surface area contributed by atoms with Gasteiger partial charge in [-0.15, -0.1) is 5.10 Å². The van der Waals surface area contributed by atoms with Crippen molar-refractivity contribution in [2.75, 3.05) is 37.3 Å². The molecule has 0 spiro atoms. The number of anilines is 1. The number of rotatable bonds is 3. The van der Waals surface area contributed by atoms with Gasteiger partial charge in [0.15, 0.2) is 23.2 Å². The van der Waals surface area contributed by atoms with Gasteiger partial charge in [0.1, 0.15) is 16.9 Å². The third-order valence-corrected chi connectivity index (χ3v) is 5.78. The summed E-state index contributed by atoms with van der Waals surface area (Å²) in [6.07, 6.45) is 3.95. The molecule has 1 fully saturated rings. The molecule has 1 aliphatic rings. The smallest absolute Gasteiger partial charge is 0.211 e. The molecule has 0 unspecified atom stereocenters. The lowest BCUT2D eigenvalue weighted by molar-refractivity contribution is 0.387. The molecule has 3 heterocycles. The Morgan fingerprint density at radius 2 is 1.71 bits per heavy atom. The van der Waals surface area contributed by atoms with E-state index >= 15 is 0 Å². The number of hydrogen-bond acceptors (Lipinski definition) is 8. The number of phenols is 1. The average Bonchev–Trinajstić information content (AvgIpc) is 3.09. The molecule has 1 aliphatic heterocycles. The second-order valence-corrected chi connectivity index (χ2v) is 8.25. The van der Waals surface area contributed by atoms with E-state index in [1.165, 1.54) is 23.0 Å². The second kappa shape index (κ2) is 6.60. The summed E-state index contributed by atoms with van der Waals surface area (Å²) in [6.45, 7) is 1.59. The molecule has 0 radical (unpaired) electrons. The molecule has 13 heteroatoms. The summed E-state index contributed by atoms with van der Waals surface area (Å²) in [5, 5.41) is 16.9. The molecule has 1 saturated heterocycles. The number of halogens is 2. The Hall–Kier alpha value is -2.93. The van der Waals surface area contributed by atoms with Crippen molar-refractivity contribution in [3.8, 4) is 11.6 Å². The van der Waals surface area contributed by atoms with Crippen molar-refractivity contribution in [1.82, 2.24) is 29.3 Å². The maximum absolute atomic E-state index is 14.2. The number of fused-ring (bicyclic) bond motifs is 1. The molecule has 0 saturated carbocycles. The Labute approximate surface area is 158 Å². The summed E-state index contributed by atoms with van der Waals surface area (Å²) in [7, 11) is -3.23. The lowest BCUT2D eigenvalue weighted by Gasteiger charge is -2.33. The van der Waals surface area contributed by atoms with Crippen molar-refractivity contribution >= 4 is 26.9 Å². The van der Waals surface area contributed by atoms with Gasteiger partial charge in [0.25, 0.3) is 0 Å². The van der Waals surface area contributed by atoms with Crippen LogP contribution >= 0.6 is 0 Å². The third-order valence-electron chi connectivity index (χ3n) is 4.48. The lowest BCUT2D eigenvalue weighted by Crippen LogP contribution is -2.48. The first kappa shape index (κ1) is 18.4. The van der Waals surface area contributed by atoms with E-state index in [0.717, 1.165) is 10.7 Å². The minimum Gasteiger partial charge on any atom is -0.503 e. The predicted molar refractivity (Wildman–Crippen MR) is 94.7 cm³/mol. The molecule has 0 aliphatic carbocycles. The number of aromatic nitrogens is 5. The summed E-state index contributed by atoms with van der Waals surface area (Å²) in [4.78, 5) is 10.3. The number of nitrogens with zero attached hydrogens (tertiary/aromatic N) is 7. The van der Waals surface area contributed by atoms with Crippen LogP contribution in [0.25, 0.3) is 16.9 Å². The standard InChI is InChI=1S/C15H15F2N7O3S/c1-28(26,27)23-4-2-22(3-5-23)11-7-19-12(8-18-11)24-14-10(20-21-24)6-9(16)15(25)13(14)17/h6-8,25H,2-5H2,1H3. The highest BCUT2D eigenvalue weighted by Crippen LogP contribution is 2.28. The van der Waals surface area contributed by atoms with Gasteiger partial charge in [-0.05, 0) is 0 Å². The van der Waals surface area contributed by atoms with Crippen molar-refractivity contribution in [2.45, 2.75) is 0 Å². The summed E-state index contributed by atoms with van der Waals surface area (Å²) in [5.74, 6) is -2.79. The van der Waals surface area contributed by atoms with Crippen LogP contribution in [0.4, 0.5) is 14.6 Å². The fourth-order valence-electron chi connectivity index (χ4n) is 3.00. The zero-order chi connectivity index (χ0) is 20.1. The van der Waals surface area contributed by atoms with Crippen LogP contribution in [0.15, 0.2) is 18.5 Å². The van der Waals surface area contributed by atoms with Gasteiger partial charge in [-0.25, -0.2) is 27.2 Å². The minimum atomic E-state index is -3.23. The average molecular weight is 411 g/mol. The fraction of sp³-hybridized carbons (Fsp3) is 0.333. The molecule has 148 valence electrons. The van der Waals surface area contributed by atoms with Crippen molar-refractivity contribution in [3.05, 3.63) is 30.1 Å². The van der Waals surface area contributed by atoms with Gasteiger partial charge in [0.2, 0.25) is 10.0 Å². The van der Waals surface area contributed by atoms with E-state index < -0.39 is 27.4 Å². The van der Waals surface area contributed by atoms with E-state index in [1.807, 2.05) is 4.90 Å². The Balaban J connectivity index is 1.60. The van der Waals surface area contributed by atoms with Crippen LogP contribution in [0.5, 0.6) is 5.75 Å². The van der Waals surface area contributed by atoms with Crippen molar-refractivity contribution in [1.29, 1.82) is 0 Å². The fourth-order valence-corrected chi connectivity index (χ4v) is 3.82. The van der Waals surface area contributed by atoms with Crippen LogP contribution in [-0.2, 0) is 10.0 Å². The van der Waals surface area contributed by atoms with E-state index in [1.54, 1.807) is 0 Å². The first-order valence-electron chi connectivity index (χ1n) is 8.20. The highest BCUT2D eigenvalue weighted by Gasteiger charge is 2.24. The van der Waals surface area contributed by atoms with Gasteiger partial charge >= 0.3 is 0 Å². The maximum atomic E-state index is 14.2. The SMILES string of the molecule is CS(=O)(=O)N1CCN(c2cnc(-n3nnc4cc(F)c(O)c(F)c43)cn2)CC1. The van der Waals surface area contributed by atoms with Gasteiger partial charge in [0, 0.05) is 32.2 Å². The van der Waals surface area contributed by atoms with Crippen LogP contribution in [0.1, 0.15) is 0 Å². The van der Waals surface area contributed by atoms with E-state index in [0.29, 0.717) is 32.0 Å². The van der Waals surface area contributed by atoms with E-state index in [2.05, 4.69) is 20.3 Å². The van der Waals surface area contributed by atoms with Crippen LogP contribution < -0.4 is 4.90 Å². The summed E-state index contributed by atoms with van der Waals surface area (Å²) >= 11 is 0. The Kier molecular flexibility index (Phi) is 4.34. The first-order chi connectivity index (χ1) is 13.3. The predicted octanol–water partition coefficient (Wildman–Crippen LogP) is 0.276. The quantitative estimate of drug-likeness (QED) is 0.653. The summed E-state index contributed by atoms with van der Waals surface area (Å²) in [5.41, 5.74) is -0.293. The molecule has 1 N–H and O–H groups in total. The highest BCUT2D eigenvalue weighted by molar-refractivity contribution is 7.88. The zero-order valence-electron chi connectivity index (χ0n) is 14.6. The molecule has 10 nitrogen and oxygen atoms in total. The number of piperazine rings is 1. The molecule has 0 atom stereocenters. The molecule has 2 aromatic heterocycles. The Morgan fingerprint density at radius 1 is 1.07 bits per heavy atom. The van der Waals surface area contributed by atoms with Gasteiger partial charge in [-0.3, -0.25) is 0 Å². The number of hydrogen-bond donors (Lipinski definition) is 1. The first-order valence-corrected chi connectivity index (χ1v) is 10.1. The molecule has 3 aromatic rings. The molecule has 1 aromatic carbocycles. The third kappa shape index (κ3) is 3.11. The van der Waals surface area contributed by atoms with Crippen molar-refractivity contribution < 1.29 is 22.3 Å². The topological polar surface area (TPSA) is 117 Å². The van der Waals surface area contributed by atoms with Crippen LogP contribution in [0.3, 0.4) is 0 Å². The molecule has 0 amide bonds. The van der Waals surface area contributed by atoms with Gasteiger partial charge < -0.3 is 10.0 Å². The van der Waals surface area contributed by atoms with E-state index in [-0.39, 0.29) is 16.9 Å². The summed E-state index contributed by atoms with van der Waals surface area (Å²) in [6, 6.07) is 0.875. The highest BCUT2D eigenvalue weighted by atomic mass is 32.2.